The van der Waals surface area contributed by atoms with E-state index in [-0.39, 0.29) is 17.7 Å². The average Bonchev–Trinajstić information content (AvgIpc) is 2.46. The molecule has 112 valence electrons. The van der Waals surface area contributed by atoms with Crippen LogP contribution in [0.2, 0.25) is 0 Å². The molecule has 2 rings (SSSR count). The van der Waals surface area contributed by atoms with E-state index in [2.05, 4.69) is 0 Å². The van der Waals surface area contributed by atoms with Gasteiger partial charge in [-0.3, -0.25) is 9.59 Å². The third kappa shape index (κ3) is 3.26. The maximum Gasteiger partial charge on any atom is 0.327 e. The van der Waals surface area contributed by atoms with E-state index in [1.165, 1.54) is 11.8 Å². The first kappa shape index (κ1) is 15.2. The lowest BCUT2D eigenvalue weighted by molar-refractivity contribution is -0.152. The molecule has 2 fully saturated rings. The van der Waals surface area contributed by atoms with Crippen LogP contribution in [0.4, 0.5) is 0 Å². The van der Waals surface area contributed by atoms with Crippen LogP contribution in [0.5, 0.6) is 0 Å². The zero-order valence-corrected chi connectivity index (χ0v) is 12.4. The van der Waals surface area contributed by atoms with Crippen molar-refractivity contribution >= 4 is 29.5 Å². The molecule has 2 aliphatic rings. The Hall–Kier alpha value is -1.24. The van der Waals surface area contributed by atoms with E-state index < -0.39 is 12.0 Å². The first-order valence-electron chi connectivity index (χ1n) is 6.87. The van der Waals surface area contributed by atoms with Crippen molar-refractivity contribution < 1.29 is 19.5 Å². The van der Waals surface area contributed by atoms with Gasteiger partial charge < -0.3 is 14.9 Å². The summed E-state index contributed by atoms with van der Waals surface area (Å²) in [5.74, 6) is -0.0967. The Bertz CT molecular complexity index is 415. The Kier molecular flexibility index (Phi) is 4.91. The van der Waals surface area contributed by atoms with Gasteiger partial charge in [-0.25, -0.2) is 4.79 Å². The highest BCUT2D eigenvalue weighted by Crippen LogP contribution is 2.24. The van der Waals surface area contributed by atoms with Gasteiger partial charge in [0.15, 0.2) is 0 Å². The quantitative estimate of drug-likeness (QED) is 0.792. The number of nitrogens with zero attached hydrogens (tertiary/aromatic N) is 2. The maximum absolute atomic E-state index is 12.6. The van der Waals surface area contributed by atoms with Gasteiger partial charge in [-0.1, -0.05) is 0 Å². The smallest absolute Gasteiger partial charge is 0.327 e. The second-order valence-corrected chi connectivity index (χ2v) is 6.41. The minimum Gasteiger partial charge on any atom is -0.480 e. The molecule has 2 aliphatic heterocycles. The lowest BCUT2D eigenvalue weighted by Crippen LogP contribution is -2.54. The van der Waals surface area contributed by atoms with E-state index in [4.69, 9.17) is 0 Å². The van der Waals surface area contributed by atoms with Gasteiger partial charge in [-0.15, -0.1) is 0 Å². The summed E-state index contributed by atoms with van der Waals surface area (Å²) >= 11 is 1.57. The molecule has 2 unspecified atom stereocenters. The normalized spacial score (nSPS) is 27.2. The predicted octanol–water partition coefficient (Wildman–Crippen LogP) is 0.274. The zero-order chi connectivity index (χ0) is 14.7. The fraction of sp³-hybridized carbons (Fsp3) is 0.769. The van der Waals surface area contributed by atoms with Gasteiger partial charge in [0, 0.05) is 38.1 Å². The van der Waals surface area contributed by atoms with E-state index in [0.717, 1.165) is 18.6 Å². The minimum atomic E-state index is -0.940. The van der Waals surface area contributed by atoms with Gasteiger partial charge in [-0.2, -0.15) is 11.8 Å². The van der Waals surface area contributed by atoms with Crippen molar-refractivity contribution in [2.75, 3.05) is 31.1 Å². The van der Waals surface area contributed by atoms with Crippen LogP contribution in [0.25, 0.3) is 0 Å². The summed E-state index contributed by atoms with van der Waals surface area (Å²) in [4.78, 5) is 38.4. The van der Waals surface area contributed by atoms with Crippen molar-refractivity contribution in [2.24, 2.45) is 5.92 Å². The predicted molar refractivity (Wildman–Crippen MR) is 75.4 cm³/mol. The maximum atomic E-state index is 12.6. The van der Waals surface area contributed by atoms with Crippen molar-refractivity contribution in [3.8, 4) is 0 Å². The summed E-state index contributed by atoms with van der Waals surface area (Å²) in [5.41, 5.74) is 0. The molecule has 0 aromatic heterocycles. The summed E-state index contributed by atoms with van der Waals surface area (Å²) in [6.45, 7) is 3.10. The van der Waals surface area contributed by atoms with Crippen molar-refractivity contribution in [1.82, 2.24) is 9.80 Å². The van der Waals surface area contributed by atoms with Crippen LogP contribution >= 0.6 is 11.8 Å². The Morgan fingerprint density at radius 2 is 2.00 bits per heavy atom. The number of piperidine rings is 1. The summed E-state index contributed by atoms with van der Waals surface area (Å²) < 4.78 is 0. The highest BCUT2D eigenvalue weighted by Gasteiger charge is 2.37. The third-order valence-electron chi connectivity index (χ3n) is 3.91. The number of rotatable bonds is 2. The molecular formula is C13H20N2O4S. The van der Waals surface area contributed by atoms with Gasteiger partial charge in [0.25, 0.3) is 0 Å². The fourth-order valence-corrected chi connectivity index (χ4v) is 3.81. The van der Waals surface area contributed by atoms with E-state index in [9.17, 15) is 19.5 Å². The van der Waals surface area contributed by atoms with Crippen molar-refractivity contribution in [1.29, 1.82) is 0 Å². The number of hydrogen-bond acceptors (Lipinski definition) is 4. The molecule has 0 saturated carbocycles. The minimum absolute atomic E-state index is 0.0218. The number of aliphatic carboxylic acids is 1. The molecule has 20 heavy (non-hydrogen) atoms. The topological polar surface area (TPSA) is 77.9 Å². The van der Waals surface area contributed by atoms with E-state index in [1.54, 1.807) is 16.7 Å². The molecule has 0 radical (unpaired) electrons. The van der Waals surface area contributed by atoms with Crippen LogP contribution in [0, 0.1) is 5.92 Å². The highest BCUT2D eigenvalue weighted by molar-refractivity contribution is 7.99. The molecule has 0 spiro atoms. The molecule has 2 heterocycles. The molecule has 2 saturated heterocycles. The fourth-order valence-electron chi connectivity index (χ4n) is 2.77. The van der Waals surface area contributed by atoms with Crippen LogP contribution < -0.4 is 0 Å². The Morgan fingerprint density at radius 3 is 2.65 bits per heavy atom. The number of carboxylic acid groups (broad SMARTS) is 1. The van der Waals surface area contributed by atoms with Gasteiger partial charge in [-0.05, 0) is 12.8 Å². The Labute approximate surface area is 122 Å². The van der Waals surface area contributed by atoms with Gasteiger partial charge in [0.2, 0.25) is 11.8 Å². The van der Waals surface area contributed by atoms with Crippen LogP contribution in [0.3, 0.4) is 0 Å². The first-order valence-corrected chi connectivity index (χ1v) is 8.02. The zero-order valence-electron chi connectivity index (χ0n) is 11.6. The molecule has 1 N–H and O–H groups in total. The van der Waals surface area contributed by atoms with Crippen LogP contribution in [-0.4, -0.2) is 69.9 Å². The Morgan fingerprint density at radius 1 is 1.25 bits per heavy atom. The average molecular weight is 300 g/mol. The largest absolute Gasteiger partial charge is 0.480 e. The molecule has 6 nitrogen and oxygen atoms in total. The number of thioether (sulfide) groups is 1. The monoisotopic (exact) mass is 300 g/mol. The molecule has 0 aliphatic carbocycles. The van der Waals surface area contributed by atoms with E-state index in [1.807, 2.05) is 0 Å². The Balaban J connectivity index is 2.05. The lowest BCUT2D eigenvalue weighted by atomic mass is 9.95. The second kappa shape index (κ2) is 6.47. The molecular weight excluding hydrogens is 280 g/mol. The molecule has 7 heteroatoms. The summed E-state index contributed by atoms with van der Waals surface area (Å²) in [7, 11) is 0. The van der Waals surface area contributed by atoms with Crippen LogP contribution in [0.1, 0.15) is 19.8 Å². The van der Waals surface area contributed by atoms with Gasteiger partial charge in [0.05, 0.1) is 5.92 Å². The number of carbonyl (C=O) groups excluding carboxylic acids is 2. The summed E-state index contributed by atoms with van der Waals surface area (Å²) in [6.07, 6.45) is 1.54. The number of carboxylic acids is 1. The molecule has 0 aromatic rings. The van der Waals surface area contributed by atoms with Crippen molar-refractivity contribution in [3.63, 3.8) is 0 Å². The van der Waals surface area contributed by atoms with Gasteiger partial charge >= 0.3 is 5.97 Å². The number of hydrogen-bond donors (Lipinski definition) is 1. The molecule has 2 atom stereocenters. The molecule has 0 bridgehead atoms. The van der Waals surface area contributed by atoms with Crippen LogP contribution in [0.15, 0.2) is 0 Å². The number of likely N-dealkylation sites (tertiary alicyclic amines) is 1. The van der Waals surface area contributed by atoms with Gasteiger partial charge in [0.1, 0.15) is 6.04 Å². The molecule has 2 amide bonds. The third-order valence-corrected chi connectivity index (χ3v) is 4.94. The first-order chi connectivity index (χ1) is 9.50. The van der Waals surface area contributed by atoms with Crippen molar-refractivity contribution in [3.05, 3.63) is 0 Å². The highest BCUT2D eigenvalue weighted by atomic mass is 32.2. The van der Waals surface area contributed by atoms with Crippen LogP contribution in [-0.2, 0) is 14.4 Å². The van der Waals surface area contributed by atoms with E-state index >= 15 is 0 Å². The standard InChI is InChI=1S/C13H20N2O4S/c1-9(16)14-4-2-3-10(7-14)12(17)15-5-6-20-8-11(15)13(18)19/h10-11H,2-8H2,1H3,(H,18,19). The van der Waals surface area contributed by atoms with Crippen molar-refractivity contribution in [2.45, 2.75) is 25.8 Å². The second-order valence-electron chi connectivity index (χ2n) is 5.26. The SMILES string of the molecule is CC(=O)N1CCCC(C(=O)N2CCSCC2C(=O)O)C1. The number of amides is 2. The lowest BCUT2D eigenvalue weighted by Gasteiger charge is -2.38. The number of carbonyl (C=O) groups is 3. The van der Waals surface area contributed by atoms with E-state index in [0.29, 0.717) is 25.4 Å². The molecule has 0 aromatic carbocycles. The summed E-state index contributed by atoms with van der Waals surface area (Å²) in [6, 6.07) is -0.728. The summed E-state index contributed by atoms with van der Waals surface area (Å²) in [5, 5.41) is 9.22.